The highest BCUT2D eigenvalue weighted by Crippen LogP contribution is 2.29. The van der Waals surface area contributed by atoms with Crippen molar-refractivity contribution in [3.05, 3.63) is 34.5 Å². The SMILES string of the molecule is Cc1c(CN2C[C@@H]3NCCO[C@H]3C2)[nH]c2c(Cl)cccc12.Cl.Cl. The Balaban J connectivity index is 0.000000960. The second kappa shape index (κ2) is 7.60. The minimum absolute atomic E-state index is 0. The molecule has 2 aliphatic heterocycles. The van der Waals surface area contributed by atoms with E-state index in [2.05, 4.69) is 28.2 Å². The molecule has 0 bridgehead atoms. The summed E-state index contributed by atoms with van der Waals surface area (Å²) in [6.07, 6.45) is 0.340. The van der Waals surface area contributed by atoms with E-state index in [9.17, 15) is 0 Å². The topological polar surface area (TPSA) is 40.3 Å². The molecule has 0 amide bonds. The summed E-state index contributed by atoms with van der Waals surface area (Å²) < 4.78 is 5.84. The Morgan fingerprint density at radius 3 is 2.87 bits per heavy atom. The molecule has 1 aromatic carbocycles. The Bertz CT molecular complexity index is 662. The zero-order chi connectivity index (χ0) is 14.4. The van der Waals surface area contributed by atoms with Gasteiger partial charge in [-0.3, -0.25) is 4.90 Å². The van der Waals surface area contributed by atoms with E-state index in [-0.39, 0.29) is 24.8 Å². The maximum atomic E-state index is 6.28. The molecule has 2 aliphatic rings. The number of aromatic nitrogens is 1. The van der Waals surface area contributed by atoms with Crippen LogP contribution >= 0.6 is 36.4 Å². The lowest BCUT2D eigenvalue weighted by Crippen LogP contribution is -2.47. The van der Waals surface area contributed by atoms with Crippen LogP contribution in [0.2, 0.25) is 5.02 Å². The Kier molecular flexibility index (Phi) is 6.22. The van der Waals surface area contributed by atoms with Crippen molar-refractivity contribution in [2.24, 2.45) is 0 Å². The monoisotopic (exact) mass is 377 g/mol. The molecule has 1 aromatic heterocycles. The number of likely N-dealkylation sites (tertiary alicyclic amines) is 1. The molecule has 2 atom stereocenters. The molecule has 4 nitrogen and oxygen atoms in total. The van der Waals surface area contributed by atoms with Crippen molar-refractivity contribution in [2.75, 3.05) is 26.2 Å². The maximum Gasteiger partial charge on any atom is 0.0867 e. The van der Waals surface area contributed by atoms with Gasteiger partial charge in [0.25, 0.3) is 0 Å². The number of nitrogens with one attached hydrogen (secondary N) is 2. The summed E-state index contributed by atoms with van der Waals surface area (Å²) in [5.41, 5.74) is 3.62. The van der Waals surface area contributed by atoms with Crippen molar-refractivity contribution < 1.29 is 4.74 Å². The van der Waals surface area contributed by atoms with Gasteiger partial charge in [0.15, 0.2) is 0 Å². The number of ether oxygens (including phenoxy) is 1. The standard InChI is InChI=1S/C16H20ClN3O.2ClH/c1-10-11-3-2-4-12(17)16(11)19-13(10)7-20-8-14-15(9-20)21-6-5-18-14;;/h2-4,14-15,18-19H,5-9H2,1H3;2*1H/t14-,15-;;/m0../s1. The summed E-state index contributed by atoms with van der Waals surface area (Å²) in [6, 6.07) is 6.56. The fourth-order valence-corrected chi connectivity index (χ4v) is 3.77. The number of nitrogens with zero attached hydrogens (tertiary/aromatic N) is 1. The number of rotatable bonds is 2. The van der Waals surface area contributed by atoms with Crippen molar-refractivity contribution in [1.82, 2.24) is 15.2 Å². The number of aromatic amines is 1. The van der Waals surface area contributed by atoms with Crippen LogP contribution in [0.5, 0.6) is 0 Å². The first kappa shape index (κ1) is 18.8. The molecule has 128 valence electrons. The molecule has 2 saturated heterocycles. The second-order valence-electron chi connectivity index (χ2n) is 6.05. The predicted octanol–water partition coefficient (Wildman–Crippen LogP) is 3.15. The molecule has 2 N–H and O–H groups in total. The average molecular weight is 379 g/mol. The molecule has 3 heterocycles. The van der Waals surface area contributed by atoms with Crippen molar-refractivity contribution in [2.45, 2.75) is 25.6 Å². The Hall–Kier alpha value is -0.490. The van der Waals surface area contributed by atoms with Crippen LogP contribution in [0.1, 0.15) is 11.3 Å². The highest BCUT2D eigenvalue weighted by Gasteiger charge is 2.35. The van der Waals surface area contributed by atoms with E-state index in [1.54, 1.807) is 0 Å². The molecular weight excluding hydrogens is 357 g/mol. The average Bonchev–Trinajstić information content (AvgIpc) is 3.03. The molecule has 7 heteroatoms. The molecule has 2 fully saturated rings. The van der Waals surface area contributed by atoms with Gasteiger partial charge in [0.05, 0.1) is 23.3 Å². The summed E-state index contributed by atoms with van der Waals surface area (Å²) in [4.78, 5) is 5.96. The van der Waals surface area contributed by atoms with Crippen LogP contribution in [0.15, 0.2) is 18.2 Å². The predicted molar refractivity (Wildman–Crippen MR) is 99.3 cm³/mol. The molecule has 0 spiro atoms. The smallest absolute Gasteiger partial charge is 0.0867 e. The van der Waals surface area contributed by atoms with Crippen LogP contribution in [0.3, 0.4) is 0 Å². The molecular formula is C16H22Cl3N3O. The molecule has 23 heavy (non-hydrogen) atoms. The molecule has 0 saturated carbocycles. The number of H-pyrrole nitrogens is 1. The summed E-state index contributed by atoms with van der Waals surface area (Å²) in [5.74, 6) is 0. The molecule has 0 unspecified atom stereocenters. The van der Waals surface area contributed by atoms with E-state index in [1.165, 1.54) is 16.6 Å². The fraction of sp³-hybridized carbons (Fsp3) is 0.500. The lowest BCUT2D eigenvalue weighted by molar-refractivity contribution is 0.0175. The molecule has 0 radical (unpaired) electrons. The largest absolute Gasteiger partial charge is 0.374 e. The van der Waals surface area contributed by atoms with E-state index in [0.717, 1.165) is 43.3 Å². The van der Waals surface area contributed by atoms with Crippen molar-refractivity contribution in [3.63, 3.8) is 0 Å². The van der Waals surface area contributed by atoms with E-state index in [4.69, 9.17) is 16.3 Å². The summed E-state index contributed by atoms with van der Waals surface area (Å²) >= 11 is 6.28. The van der Waals surface area contributed by atoms with E-state index < -0.39 is 0 Å². The summed E-state index contributed by atoms with van der Waals surface area (Å²) in [6.45, 7) is 6.94. The quantitative estimate of drug-likeness (QED) is 0.843. The van der Waals surface area contributed by atoms with Gasteiger partial charge in [-0.2, -0.15) is 0 Å². The highest BCUT2D eigenvalue weighted by atomic mass is 35.5. The van der Waals surface area contributed by atoms with Crippen LogP contribution < -0.4 is 5.32 Å². The fourth-order valence-electron chi connectivity index (χ4n) is 3.55. The van der Waals surface area contributed by atoms with Gasteiger partial charge in [-0.25, -0.2) is 0 Å². The van der Waals surface area contributed by atoms with Gasteiger partial charge in [0.2, 0.25) is 0 Å². The molecule has 2 aromatic rings. The van der Waals surface area contributed by atoms with E-state index >= 15 is 0 Å². The first-order valence-electron chi connectivity index (χ1n) is 7.55. The number of halogens is 3. The van der Waals surface area contributed by atoms with Crippen LogP contribution in [0.4, 0.5) is 0 Å². The maximum absolute atomic E-state index is 6.28. The van der Waals surface area contributed by atoms with Gasteiger partial charge < -0.3 is 15.0 Å². The number of aryl methyl sites for hydroxylation is 1. The highest BCUT2D eigenvalue weighted by molar-refractivity contribution is 6.35. The second-order valence-corrected chi connectivity index (χ2v) is 6.46. The number of fused-ring (bicyclic) bond motifs is 2. The number of morpholine rings is 1. The van der Waals surface area contributed by atoms with Crippen molar-refractivity contribution in [3.8, 4) is 0 Å². The minimum atomic E-state index is 0. The zero-order valence-corrected chi connectivity index (χ0v) is 15.4. The third-order valence-electron chi connectivity index (χ3n) is 4.71. The van der Waals surface area contributed by atoms with Gasteiger partial charge >= 0.3 is 0 Å². The van der Waals surface area contributed by atoms with Crippen LogP contribution in [0.25, 0.3) is 10.9 Å². The lowest BCUT2D eigenvalue weighted by atomic mass is 10.1. The van der Waals surface area contributed by atoms with Crippen molar-refractivity contribution in [1.29, 1.82) is 0 Å². The Labute approximate surface area is 153 Å². The van der Waals surface area contributed by atoms with Crippen LogP contribution in [-0.2, 0) is 11.3 Å². The van der Waals surface area contributed by atoms with Crippen molar-refractivity contribution >= 4 is 47.3 Å². The number of benzene rings is 1. The number of hydrogen-bond donors (Lipinski definition) is 2. The Morgan fingerprint density at radius 1 is 1.30 bits per heavy atom. The van der Waals surface area contributed by atoms with E-state index in [1.807, 2.05) is 12.1 Å². The number of para-hydroxylation sites is 1. The van der Waals surface area contributed by atoms with Gasteiger partial charge in [0.1, 0.15) is 0 Å². The third-order valence-corrected chi connectivity index (χ3v) is 5.03. The Morgan fingerprint density at radius 2 is 2.13 bits per heavy atom. The zero-order valence-electron chi connectivity index (χ0n) is 13.0. The summed E-state index contributed by atoms with van der Waals surface area (Å²) in [7, 11) is 0. The van der Waals surface area contributed by atoms with Gasteiger partial charge in [-0.05, 0) is 18.6 Å². The van der Waals surface area contributed by atoms with Gasteiger partial charge in [0, 0.05) is 43.3 Å². The van der Waals surface area contributed by atoms with Crippen LogP contribution in [0, 0.1) is 6.92 Å². The lowest BCUT2D eigenvalue weighted by Gasteiger charge is -2.25. The normalized spacial score (nSPS) is 24.1. The van der Waals surface area contributed by atoms with Crippen LogP contribution in [-0.4, -0.2) is 48.3 Å². The molecule has 0 aliphatic carbocycles. The molecule has 4 rings (SSSR count). The summed E-state index contributed by atoms with van der Waals surface area (Å²) in [5, 5.41) is 5.57. The first-order chi connectivity index (χ1) is 10.2. The third kappa shape index (κ3) is 3.48. The van der Waals surface area contributed by atoms with Gasteiger partial charge in [-0.1, -0.05) is 23.7 Å². The first-order valence-corrected chi connectivity index (χ1v) is 7.93. The minimum Gasteiger partial charge on any atom is -0.374 e. The number of hydrogen-bond acceptors (Lipinski definition) is 3. The van der Waals surface area contributed by atoms with Gasteiger partial charge in [-0.15, -0.1) is 24.8 Å². The van der Waals surface area contributed by atoms with E-state index in [0.29, 0.717) is 12.1 Å².